The number of para-hydroxylation sites is 1. The number of carbonyl (C=O) groups is 3. The van der Waals surface area contributed by atoms with Crippen molar-refractivity contribution < 1.29 is 33.8 Å². The number of hydrogen-bond donors (Lipinski definition) is 4. The Kier molecular flexibility index (Phi) is 6.88. The molecule has 31 heavy (non-hydrogen) atoms. The van der Waals surface area contributed by atoms with E-state index in [1.54, 1.807) is 25.1 Å². The van der Waals surface area contributed by atoms with Gasteiger partial charge >= 0.3 is 13.6 Å². The van der Waals surface area contributed by atoms with E-state index in [1.807, 2.05) is 6.07 Å². The number of anilines is 1. The number of aryl methyl sites for hydroxylation is 1. The fourth-order valence-corrected chi connectivity index (χ4v) is 6.61. The minimum Gasteiger partial charge on any atom is -0.480 e. The van der Waals surface area contributed by atoms with E-state index in [0.29, 0.717) is 37.8 Å². The van der Waals surface area contributed by atoms with E-state index in [9.17, 15) is 33.8 Å². The van der Waals surface area contributed by atoms with Gasteiger partial charge in [-0.05, 0) is 43.7 Å². The third-order valence-electron chi connectivity index (χ3n) is 6.53. The van der Waals surface area contributed by atoms with Crippen LogP contribution in [0.2, 0.25) is 0 Å². The van der Waals surface area contributed by atoms with Gasteiger partial charge in [-0.1, -0.05) is 38.0 Å². The summed E-state index contributed by atoms with van der Waals surface area (Å²) in [6.45, 7) is 1.12. The Labute approximate surface area is 181 Å². The lowest BCUT2D eigenvalue weighted by Crippen LogP contribution is -2.55. The first-order valence-corrected chi connectivity index (χ1v) is 12.3. The van der Waals surface area contributed by atoms with Gasteiger partial charge in [-0.3, -0.25) is 23.8 Å². The third-order valence-corrected chi connectivity index (χ3v) is 8.20. The van der Waals surface area contributed by atoms with Crippen molar-refractivity contribution in [3.63, 3.8) is 0 Å². The van der Waals surface area contributed by atoms with Crippen molar-refractivity contribution in [1.82, 2.24) is 5.32 Å². The molecule has 0 bridgehead atoms. The lowest BCUT2D eigenvalue weighted by atomic mass is 9.79. The van der Waals surface area contributed by atoms with Crippen LogP contribution in [0.5, 0.6) is 0 Å². The molecule has 2 aliphatic rings. The molecular weight excluding hydrogens is 423 g/mol. The van der Waals surface area contributed by atoms with Crippen LogP contribution in [-0.4, -0.2) is 50.9 Å². The predicted octanol–water partition coefficient (Wildman–Crippen LogP) is 2.05. The molecule has 1 aliphatic carbocycles. The number of nitrogens with zero attached hydrogens (tertiary/aromatic N) is 1. The van der Waals surface area contributed by atoms with Crippen LogP contribution in [0.15, 0.2) is 24.3 Å². The van der Waals surface area contributed by atoms with E-state index in [-0.39, 0.29) is 12.8 Å². The van der Waals surface area contributed by atoms with Crippen molar-refractivity contribution in [3.05, 3.63) is 29.8 Å². The summed E-state index contributed by atoms with van der Waals surface area (Å²) in [5.74, 6) is -2.23. The molecule has 9 nitrogen and oxygen atoms in total. The quantitative estimate of drug-likeness (QED) is 0.464. The average Bonchev–Trinajstić information content (AvgIpc) is 3.14. The Balaban J connectivity index is 1.90. The second kappa shape index (κ2) is 9.10. The molecule has 1 aromatic rings. The van der Waals surface area contributed by atoms with E-state index in [1.165, 1.54) is 0 Å². The summed E-state index contributed by atoms with van der Waals surface area (Å²) in [5, 5.41) is 12.1. The molecule has 1 aliphatic heterocycles. The van der Waals surface area contributed by atoms with Crippen LogP contribution in [0.4, 0.5) is 5.69 Å². The zero-order valence-corrected chi connectivity index (χ0v) is 18.4. The summed E-state index contributed by atoms with van der Waals surface area (Å²) in [4.78, 5) is 59.0. The average molecular weight is 452 g/mol. The minimum absolute atomic E-state index is 0.146. The minimum atomic E-state index is -4.53. The molecule has 0 aromatic heterocycles. The van der Waals surface area contributed by atoms with Crippen molar-refractivity contribution >= 4 is 31.1 Å². The first-order chi connectivity index (χ1) is 14.6. The van der Waals surface area contributed by atoms with E-state index < -0.39 is 49.0 Å². The maximum atomic E-state index is 13.4. The first kappa shape index (κ1) is 23.4. The SMILES string of the molecule is CCC(C1(C(=O)N[C@H]2CCc3ccccc3N(CC(=O)O)C2=O)CCCC1)P(=O)(O)O. The van der Waals surface area contributed by atoms with Gasteiger partial charge in [0.05, 0.1) is 11.1 Å². The van der Waals surface area contributed by atoms with E-state index in [2.05, 4.69) is 5.32 Å². The van der Waals surface area contributed by atoms with Crippen LogP contribution in [0.25, 0.3) is 0 Å². The van der Waals surface area contributed by atoms with Gasteiger partial charge in [0.2, 0.25) is 11.8 Å². The number of rotatable bonds is 7. The number of carboxylic acid groups (broad SMARTS) is 1. The molecule has 0 spiro atoms. The highest BCUT2D eigenvalue weighted by Crippen LogP contribution is 2.57. The Morgan fingerprint density at radius 1 is 1.26 bits per heavy atom. The van der Waals surface area contributed by atoms with Gasteiger partial charge in [-0.15, -0.1) is 0 Å². The topological polar surface area (TPSA) is 144 Å². The number of amides is 2. The van der Waals surface area contributed by atoms with Crippen molar-refractivity contribution in [3.8, 4) is 0 Å². The van der Waals surface area contributed by atoms with E-state index >= 15 is 0 Å². The van der Waals surface area contributed by atoms with Gasteiger partial charge in [0, 0.05) is 5.69 Å². The Morgan fingerprint density at radius 2 is 1.90 bits per heavy atom. The molecule has 1 aromatic carbocycles. The molecular formula is C21H29N2O7P. The van der Waals surface area contributed by atoms with Crippen molar-refractivity contribution in [2.24, 2.45) is 5.41 Å². The maximum absolute atomic E-state index is 13.4. The molecule has 0 saturated heterocycles. The normalized spacial score (nSPS) is 21.8. The lowest BCUT2D eigenvalue weighted by molar-refractivity contribution is -0.137. The molecule has 2 amide bonds. The second-order valence-electron chi connectivity index (χ2n) is 8.39. The molecule has 1 saturated carbocycles. The number of nitrogens with one attached hydrogen (secondary N) is 1. The van der Waals surface area contributed by atoms with Crippen LogP contribution >= 0.6 is 7.60 Å². The Bertz CT molecular complexity index is 907. The Morgan fingerprint density at radius 3 is 2.48 bits per heavy atom. The van der Waals surface area contributed by atoms with Gasteiger partial charge in [0.15, 0.2) is 0 Å². The molecule has 0 radical (unpaired) electrons. The van der Waals surface area contributed by atoms with Gasteiger partial charge in [-0.25, -0.2) is 0 Å². The maximum Gasteiger partial charge on any atom is 0.329 e. The highest BCUT2D eigenvalue weighted by molar-refractivity contribution is 7.52. The summed E-state index contributed by atoms with van der Waals surface area (Å²) in [6.07, 6.45) is 2.95. The lowest BCUT2D eigenvalue weighted by Gasteiger charge is -2.37. The second-order valence-corrected chi connectivity index (χ2v) is 10.2. The van der Waals surface area contributed by atoms with Crippen molar-refractivity contribution in [1.29, 1.82) is 0 Å². The smallest absolute Gasteiger partial charge is 0.329 e. The van der Waals surface area contributed by atoms with Crippen LogP contribution < -0.4 is 10.2 Å². The van der Waals surface area contributed by atoms with Crippen molar-refractivity contribution in [2.45, 2.75) is 63.6 Å². The summed E-state index contributed by atoms with van der Waals surface area (Å²) in [6, 6.07) is 6.06. The number of aliphatic carboxylic acids is 1. The highest BCUT2D eigenvalue weighted by Gasteiger charge is 2.54. The fraction of sp³-hybridized carbons (Fsp3) is 0.571. The van der Waals surface area contributed by atoms with Gasteiger partial charge in [0.1, 0.15) is 12.6 Å². The summed E-state index contributed by atoms with van der Waals surface area (Å²) in [5.41, 5.74) is -1.03. The van der Waals surface area contributed by atoms with Crippen LogP contribution in [0.1, 0.15) is 51.0 Å². The number of hydrogen-bond acceptors (Lipinski definition) is 4. The zero-order valence-electron chi connectivity index (χ0n) is 17.5. The summed E-state index contributed by atoms with van der Waals surface area (Å²) >= 11 is 0. The van der Waals surface area contributed by atoms with E-state index in [0.717, 1.165) is 10.5 Å². The number of benzene rings is 1. The molecule has 2 atom stereocenters. The summed E-state index contributed by atoms with van der Waals surface area (Å²) in [7, 11) is -4.53. The Hall–Kier alpha value is -2.22. The monoisotopic (exact) mass is 452 g/mol. The standard InChI is InChI=1S/C21H29N2O7P/c1-2-17(31(28,29)30)21(11-5-6-12-21)20(27)22-15-10-9-14-7-3-4-8-16(14)23(19(15)26)13-18(24)25/h3-4,7-8,15,17H,2,5-6,9-13H2,1H3,(H,22,27)(H,24,25)(H2,28,29,30)/t15-,17?/m0/s1. The van der Waals surface area contributed by atoms with E-state index in [4.69, 9.17) is 0 Å². The molecule has 1 unspecified atom stereocenters. The molecule has 170 valence electrons. The van der Waals surface area contributed by atoms with Gasteiger partial charge < -0.3 is 20.2 Å². The van der Waals surface area contributed by atoms with Crippen LogP contribution in [0, 0.1) is 5.41 Å². The van der Waals surface area contributed by atoms with Crippen LogP contribution in [0.3, 0.4) is 0 Å². The van der Waals surface area contributed by atoms with Crippen molar-refractivity contribution in [2.75, 3.05) is 11.4 Å². The molecule has 10 heteroatoms. The number of carbonyl (C=O) groups excluding carboxylic acids is 2. The fourth-order valence-electron chi connectivity index (χ4n) is 5.12. The predicted molar refractivity (Wildman–Crippen MR) is 114 cm³/mol. The summed E-state index contributed by atoms with van der Waals surface area (Å²) < 4.78 is 12.2. The van der Waals surface area contributed by atoms with Crippen LogP contribution in [-0.2, 0) is 25.4 Å². The molecule has 4 N–H and O–H groups in total. The number of carboxylic acids is 1. The van der Waals surface area contributed by atoms with Gasteiger partial charge in [-0.2, -0.15) is 0 Å². The largest absolute Gasteiger partial charge is 0.480 e. The third kappa shape index (κ3) is 4.68. The first-order valence-electron chi connectivity index (χ1n) is 10.6. The highest BCUT2D eigenvalue weighted by atomic mass is 31.2. The zero-order chi connectivity index (χ0) is 22.8. The molecule has 3 rings (SSSR count). The molecule has 1 fully saturated rings. The van der Waals surface area contributed by atoms with Gasteiger partial charge in [0.25, 0.3) is 0 Å². The molecule has 1 heterocycles. The number of fused-ring (bicyclic) bond motifs is 1.